The average molecular weight is 370 g/mol. The van der Waals surface area contributed by atoms with Gasteiger partial charge in [0.1, 0.15) is 0 Å². The van der Waals surface area contributed by atoms with Crippen molar-refractivity contribution in [1.82, 2.24) is 15.1 Å². The minimum atomic E-state index is 0.0718. The van der Waals surface area contributed by atoms with Gasteiger partial charge in [0.05, 0.1) is 0 Å². The molecule has 0 spiro atoms. The first-order valence-corrected chi connectivity index (χ1v) is 8.93. The summed E-state index contributed by atoms with van der Waals surface area (Å²) in [4.78, 5) is 14.3. The second-order valence-corrected chi connectivity index (χ2v) is 6.34. The number of amides is 1. The van der Waals surface area contributed by atoms with E-state index in [9.17, 15) is 4.79 Å². The smallest absolute Gasteiger partial charge is 0.247 e. The first-order valence-electron chi connectivity index (χ1n) is 8.55. The molecule has 3 aromatic rings. The SMILES string of the molecule is CCN(Cc1ccccc1)C(=O)CCc1nnc(-c2ccc(Cl)cc2)o1. The Labute approximate surface area is 157 Å². The molecule has 0 saturated carbocycles. The first kappa shape index (κ1) is 18.1. The predicted molar refractivity (Wildman–Crippen MR) is 101 cm³/mol. The summed E-state index contributed by atoms with van der Waals surface area (Å²) in [6.07, 6.45) is 0.758. The molecule has 2 aromatic carbocycles. The highest BCUT2D eigenvalue weighted by molar-refractivity contribution is 6.30. The fraction of sp³-hybridized carbons (Fsp3) is 0.250. The van der Waals surface area contributed by atoms with Crippen molar-refractivity contribution in [1.29, 1.82) is 0 Å². The van der Waals surface area contributed by atoms with E-state index in [0.717, 1.165) is 11.1 Å². The Bertz CT molecular complexity index is 847. The summed E-state index contributed by atoms with van der Waals surface area (Å²) < 4.78 is 5.66. The van der Waals surface area contributed by atoms with Crippen LogP contribution < -0.4 is 0 Å². The van der Waals surface area contributed by atoms with E-state index in [-0.39, 0.29) is 5.91 Å². The number of nitrogens with zero attached hydrogens (tertiary/aromatic N) is 3. The molecule has 3 rings (SSSR count). The van der Waals surface area contributed by atoms with Gasteiger partial charge in [-0.1, -0.05) is 41.9 Å². The zero-order valence-corrected chi connectivity index (χ0v) is 15.3. The molecule has 0 atom stereocenters. The number of hydrogen-bond donors (Lipinski definition) is 0. The molecule has 6 heteroatoms. The van der Waals surface area contributed by atoms with Crippen molar-refractivity contribution in [2.75, 3.05) is 6.54 Å². The van der Waals surface area contributed by atoms with Crippen molar-refractivity contribution < 1.29 is 9.21 Å². The molecule has 5 nitrogen and oxygen atoms in total. The monoisotopic (exact) mass is 369 g/mol. The maximum atomic E-state index is 12.5. The van der Waals surface area contributed by atoms with E-state index < -0.39 is 0 Å². The molecular weight excluding hydrogens is 350 g/mol. The molecule has 0 saturated heterocycles. The molecule has 0 aliphatic carbocycles. The molecule has 1 amide bonds. The quantitative estimate of drug-likeness (QED) is 0.620. The summed E-state index contributed by atoms with van der Waals surface area (Å²) >= 11 is 5.88. The zero-order valence-electron chi connectivity index (χ0n) is 14.6. The highest BCUT2D eigenvalue weighted by atomic mass is 35.5. The van der Waals surface area contributed by atoms with E-state index >= 15 is 0 Å². The third kappa shape index (κ3) is 4.70. The molecule has 0 aliphatic rings. The Morgan fingerprint density at radius 3 is 2.50 bits per heavy atom. The lowest BCUT2D eigenvalue weighted by atomic mass is 10.2. The van der Waals surface area contributed by atoms with Gasteiger partial charge < -0.3 is 9.32 Å². The van der Waals surface area contributed by atoms with Crippen LogP contribution in [0.2, 0.25) is 5.02 Å². The van der Waals surface area contributed by atoms with Crippen molar-refractivity contribution in [2.24, 2.45) is 0 Å². The molecule has 1 aromatic heterocycles. The Balaban J connectivity index is 1.57. The third-order valence-corrected chi connectivity index (χ3v) is 4.31. The molecule has 26 heavy (non-hydrogen) atoms. The van der Waals surface area contributed by atoms with E-state index in [4.69, 9.17) is 16.0 Å². The fourth-order valence-electron chi connectivity index (χ4n) is 2.62. The van der Waals surface area contributed by atoms with Crippen LogP contribution in [0.4, 0.5) is 0 Å². The second-order valence-electron chi connectivity index (χ2n) is 5.90. The Morgan fingerprint density at radius 1 is 1.08 bits per heavy atom. The van der Waals surface area contributed by atoms with E-state index in [2.05, 4.69) is 10.2 Å². The van der Waals surface area contributed by atoms with Crippen LogP contribution in [0, 0.1) is 0 Å². The van der Waals surface area contributed by atoms with Crippen LogP contribution in [-0.2, 0) is 17.8 Å². The van der Waals surface area contributed by atoms with Crippen molar-refractivity contribution in [3.63, 3.8) is 0 Å². The molecule has 0 N–H and O–H groups in total. The number of benzene rings is 2. The molecule has 1 heterocycles. The van der Waals surface area contributed by atoms with Crippen molar-refractivity contribution in [3.05, 3.63) is 71.1 Å². The van der Waals surface area contributed by atoms with Crippen LogP contribution in [0.5, 0.6) is 0 Å². The van der Waals surface area contributed by atoms with Gasteiger partial charge in [0.15, 0.2) is 0 Å². The van der Waals surface area contributed by atoms with Gasteiger partial charge in [-0.05, 0) is 36.8 Å². The van der Waals surface area contributed by atoms with Crippen molar-refractivity contribution >= 4 is 17.5 Å². The minimum absolute atomic E-state index is 0.0718. The van der Waals surface area contributed by atoms with Crippen molar-refractivity contribution in [3.8, 4) is 11.5 Å². The number of halogens is 1. The summed E-state index contributed by atoms with van der Waals surface area (Å²) in [7, 11) is 0. The van der Waals surface area contributed by atoms with Crippen LogP contribution in [0.25, 0.3) is 11.5 Å². The predicted octanol–water partition coefficient (Wildman–Crippen LogP) is 4.37. The second kappa shape index (κ2) is 8.63. The number of carbonyl (C=O) groups excluding carboxylic acids is 1. The molecular formula is C20H20ClN3O2. The lowest BCUT2D eigenvalue weighted by Crippen LogP contribution is -2.30. The lowest BCUT2D eigenvalue weighted by Gasteiger charge is -2.20. The molecule has 0 bridgehead atoms. The first-order chi connectivity index (χ1) is 12.7. The topological polar surface area (TPSA) is 59.2 Å². The van der Waals surface area contributed by atoms with E-state index in [1.807, 2.05) is 54.3 Å². The molecule has 0 aliphatic heterocycles. The number of aryl methyl sites for hydroxylation is 1. The standard InChI is InChI=1S/C20H20ClN3O2/c1-2-24(14-15-6-4-3-5-7-15)19(25)13-12-18-22-23-20(26-18)16-8-10-17(21)11-9-16/h3-11H,2,12-14H2,1H3. The maximum Gasteiger partial charge on any atom is 0.247 e. The number of hydrogen-bond acceptors (Lipinski definition) is 4. The number of aromatic nitrogens is 2. The third-order valence-electron chi connectivity index (χ3n) is 4.06. The summed E-state index contributed by atoms with van der Waals surface area (Å²) in [6, 6.07) is 17.1. The van der Waals surface area contributed by atoms with Gasteiger partial charge in [-0.25, -0.2) is 0 Å². The number of carbonyl (C=O) groups is 1. The Kier molecular flexibility index (Phi) is 6.02. The molecule has 0 unspecified atom stereocenters. The fourth-order valence-corrected chi connectivity index (χ4v) is 2.74. The van der Waals surface area contributed by atoms with E-state index in [1.54, 1.807) is 12.1 Å². The molecule has 134 valence electrons. The summed E-state index contributed by atoms with van der Waals surface area (Å²) in [5.41, 5.74) is 1.92. The summed E-state index contributed by atoms with van der Waals surface area (Å²) in [6.45, 7) is 3.25. The van der Waals surface area contributed by atoms with Crippen LogP contribution in [0.3, 0.4) is 0 Å². The highest BCUT2D eigenvalue weighted by Crippen LogP contribution is 2.20. The Morgan fingerprint density at radius 2 is 1.81 bits per heavy atom. The zero-order chi connectivity index (χ0) is 18.4. The van der Waals surface area contributed by atoms with Crippen LogP contribution in [0.1, 0.15) is 24.8 Å². The summed E-state index contributed by atoms with van der Waals surface area (Å²) in [5, 5.41) is 8.73. The largest absolute Gasteiger partial charge is 0.421 e. The maximum absolute atomic E-state index is 12.5. The minimum Gasteiger partial charge on any atom is -0.421 e. The number of rotatable bonds is 7. The highest BCUT2D eigenvalue weighted by Gasteiger charge is 2.15. The molecule has 0 radical (unpaired) electrons. The van der Waals surface area contributed by atoms with Gasteiger partial charge in [0.2, 0.25) is 17.7 Å². The van der Waals surface area contributed by atoms with E-state index in [0.29, 0.717) is 42.7 Å². The van der Waals surface area contributed by atoms with Crippen molar-refractivity contribution in [2.45, 2.75) is 26.3 Å². The van der Waals surface area contributed by atoms with Crippen LogP contribution in [-0.4, -0.2) is 27.5 Å². The average Bonchev–Trinajstić information content (AvgIpc) is 3.14. The Hall–Kier alpha value is -2.66. The van der Waals surface area contributed by atoms with Crippen LogP contribution in [0.15, 0.2) is 59.0 Å². The van der Waals surface area contributed by atoms with Crippen LogP contribution >= 0.6 is 11.6 Å². The lowest BCUT2D eigenvalue weighted by molar-refractivity contribution is -0.131. The van der Waals surface area contributed by atoms with E-state index in [1.165, 1.54) is 0 Å². The van der Waals surface area contributed by atoms with Gasteiger partial charge in [0, 0.05) is 36.5 Å². The normalized spacial score (nSPS) is 10.7. The van der Waals surface area contributed by atoms with Gasteiger partial charge in [0.25, 0.3) is 0 Å². The summed E-state index contributed by atoms with van der Waals surface area (Å²) in [5.74, 6) is 0.961. The van der Waals surface area contributed by atoms with Gasteiger partial charge in [-0.2, -0.15) is 0 Å². The van der Waals surface area contributed by atoms with Gasteiger partial charge in [-0.15, -0.1) is 10.2 Å². The molecule has 0 fully saturated rings. The van der Waals surface area contributed by atoms with Gasteiger partial charge in [-0.3, -0.25) is 4.79 Å². The van der Waals surface area contributed by atoms with Gasteiger partial charge >= 0.3 is 0 Å².